The molecule has 1 atom stereocenters. The first-order chi connectivity index (χ1) is 13.0. The van der Waals surface area contributed by atoms with Crippen molar-refractivity contribution >= 4 is 11.8 Å². The summed E-state index contributed by atoms with van der Waals surface area (Å²) >= 11 is 0. The van der Waals surface area contributed by atoms with Crippen molar-refractivity contribution in [2.45, 2.75) is 71.4 Å². The third-order valence-electron chi connectivity index (χ3n) is 6.27. The zero-order valence-corrected chi connectivity index (χ0v) is 17.1. The molecule has 0 radical (unpaired) electrons. The van der Waals surface area contributed by atoms with Crippen LogP contribution in [0.1, 0.15) is 58.4 Å². The van der Waals surface area contributed by atoms with E-state index in [0.717, 1.165) is 45.2 Å². The standard InChI is InChI=1S/C23H34N2O2/c1-17(2)18(3)25(21-10-11-21)23(27)20-13-15-24(16-14-20)22(26)12-9-19-7-5-4-6-8-19/h4-8,17-18,20-21H,9-16H2,1-3H3. The molecule has 0 aromatic heterocycles. The lowest BCUT2D eigenvalue weighted by molar-refractivity contribution is -0.143. The second-order valence-electron chi connectivity index (χ2n) is 8.60. The highest BCUT2D eigenvalue weighted by Gasteiger charge is 2.40. The summed E-state index contributed by atoms with van der Waals surface area (Å²) in [6.07, 6.45) is 5.27. The Kier molecular flexibility index (Phi) is 6.56. The summed E-state index contributed by atoms with van der Waals surface area (Å²) < 4.78 is 0. The molecule has 1 aromatic carbocycles. The summed E-state index contributed by atoms with van der Waals surface area (Å²) in [5.74, 6) is 1.12. The number of carbonyl (C=O) groups excluding carboxylic acids is 2. The lowest BCUT2D eigenvalue weighted by atomic mass is 9.93. The van der Waals surface area contributed by atoms with Crippen LogP contribution >= 0.6 is 0 Å². The molecule has 2 amide bonds. The molecule has 4 heteroatoms. The van der Waals surface area contributed by atoms with Gasteiger partial charge in [-0.15, -0.1) is 0 Å². The van der Waals surface area contributed by atoms with Gasteiger partial charge in [-0.25, -0.2) is 0 Å². The molecule has 2 aliphatic rings. The van der Waals surface area contributed by atoms with Crippen molar-refractivity contribution < 1.29 is 9.59 Å². The van der Waals surface area contributed by atoms with Crippen LogP contribution in [0, 0.1) is 11.8 Å². The van der Waals surface area contributed by atoms with Crippen LogP contribution in [-0.4, -0.2) is 46.8 Å². The fraction of sp³-hybridized carbons (Fsp3) is 0.652. The zero-order chi connectivity index (χ0) is 19.4. The number of rotatable bonds is 7. The van der Waals surface area contributed by atoms with Crippen LogP contribution < -0.4 is 0 Å². The van der Waals surface area contributed by atoms with Crippen LogP contribution in [-0.2, 0) is 16.0 Å². The van der Waals surface area contributed by atoms with Crippen LogP contribution in [0.25, 0.3) is 0 Å². The minimum atomic E-state index is 0.0879. The molecule has 1 unspecified atom stereocenters. The monoisotopic (exact) mass is 370 g/mol. The fourth-order valence-electron chi connectivity index (χ4n) is 4.03. The minimum absolute atomic E-state index is 0.0879. The van der Waals surface area contributed by atoms with Gasteiger partial charge in [-0.05, 0) is 50.5 Å². The maximum absolute atomic E-state index is 13.1. The lowest BCUT2D eigenvalue weighted by Gasteiger charge is -2.38. The number of amides is 2. The summed E-state index contributed by atoms with van der Waals surface area (Å²) in [6.45, 7) is 8.02. The Morgan fingerprint density at radius 2 is 1.67 bits per heavy atom. The highest BCUT2D eigenvalue weighted by atomic mass is 16.2. The van der Waals surface area contributed by atoms with Crippen molar-refractivity contribution in [2.75, 3.05) is 13.1 Å². The van der Waals surface area contributed by atoms with E-state index in [2.05, 4.69) is 37.8 Å². The largest absolute Gasteiger partial charge is 0.343 e. The second-order valence-corrected chi connectivity index (χ2v) is 8.60. The number of aryl methyl sites for hydroxylation is 1. The van der Waals surface area contributed by atoms with Gasteiger partial charge in [0.15, 0.2) is 0 Å². The average Bonchev–Trinajstić information content (AvgIpc) is 3.52. The fourth-order valence-corrected chi connectivity index (χ4v) is 4.03. The number of nitrogens with zero attached hydrogens (tertiary/aromatic N) is 2. The molecule has 1 saturated carbocycles. The Hall–Kier alpha value is -1.84. The van der Waals surface area contributed by atoms with Gasteiger partial charge in [-0.2, -0.15) is 0 Å². The van der Waals surface area contributed by atoms with Crippen molar-refractivity contribution in [1.82, 2.24) is 9.80 Å². The molecule has 1 heterocycles. The molecular formula is C23H34N2O2. The van der Waals surface area contributed by atoms with E-state index in [1.54, 1.807) is 0 Å². The normalized spacial score (nSPS) is 19.2. The molecular weight excluding hydrogens is 336 g/mol. The van der Waals surface area contributed by atoms with Crippen LogP contribution in [0.2, 0.25) is 0 Å². The molecule has 1 aliphatic heterocycles. The van der Waals surface area contributed by atoms with Gasteiger partial charge in [-0.3, -0.25) is 9.59 Å². The van der Waals surface area contributed by atoms with Crippen molar-refractivity contribution in [3.63, 3.8) is 0 Å². The van der Waals surface area contributed by atoms with E-state index in [-0.39, 0.29) is 11.8 Å². The molecule has 27 heavy (non-hydrogen) atoms. The van der Waals surface area contributed by atoms with E-state index >= 15 is 0 Å². The van der Waals surface area contributed by atoms with Crippen LogP contribution in [0.15, 0.2) is 30.3 Å². The van der Waals surface area contributed by atoms with Crippen LogP contribution in [0.3, 0.4) is 0 Å². The summed E-state index contributed by atoms with van der Waals surface area (Å²) in [4.78, 5) is 29.8. The SMILES string of the molecule is CC(C)C(C)N(C(=O)C1CCN(C(=O)CCc2ccccc2)CC1)C1CC1. The van der Waals surface area contributed by atoms with Crippen molar-refractivity contribution in [3.8, 4) is 0 Å². The van der Waals surface area contributed by atoms with Gasteiger partial charge in [0.05, 0.1) is 0 Å². The molecule has 1 saturated heterocycles. The molecule has 3 rings (SSSR count). The Labute approximate surface area is 163 Å². The summed E-state index contributed by atoms with van der Waals surface area (Å²) in [5.41, 5.74) is 1.21. The molecule has 0 bridgehead atoms. The maximum Gasteiger partial charge on any atom is 0.226 e. The Morgan fingerprint density at radius 1 is 1.04 bits per heavy atom. The lowest BCUT2D eigenvalue weighted by Crippen LogP contribution is -2.49. The van der Waals surface area contributed by atoms with Gasteiger partial charge in [-0.1, -0.05) is 44.2 Å². The van der Waals surface area contributed by atoms with E-state index in [9.17, 15) is 9.59 Å². The van der Waals surface area contributed by atoms with Crippen molar-refractivity contribution in [2.24, 2.45) is 11.8 Å². The third kappa shape index (κ3) is 5.12. The van der Waals surface area contributed by atoms with Gasteiger partial charge in [0.25, 0.3) is 0 Å². The smallest absolute Gasteiger partial charge is 0.226 e. The van der Waals surface area contributed by atoms with E-state index in [1.165, 1.54) is 5.56 Å². The molecule has 148 valence electrons. The van der Waals surface area contributed by atoms with Crippen LogP contribution in [0.4, 0.5) is 0 Å². The summed E-state index contributed by atoms with van der Waals surface area (Å²) in [6, 6.07) is 10.9. The van der Waals surface area contributed by atoms with Crippen molar-refractivity contribution in [3.05, 3.63) is 35.9 Å². The molecule has 2 fully saturated rings. The maximum atomic E-state index is 13.1. The molecule has 1 aliphatic carbocycles. The molecule has 0 N–H and O–H groups in total. The molecule has 4 nitrogen and oxygen atoms in total. The zero-order valence-electron chi connectivity index (χ0n) is 17.1. The topological polar surface area (TPSA) is 40.6 Å². The Bertz CT molecular complexity index is 631. The van der Waals surface area contributed by atoms with Gasteiger partial charge >= 0.3 is 0 Å². The average molecular weight is 371 g/mol. The van der Waals surface area contributed by atoms with Crippen LogP contribution in [0.5, 0.6) is 0 Å². The number of hydrogen-bond acceptors (Lipinski definition) is 2. The quantitative estimate of drug-likeness (QED) is 0.730. The van der Waals surface area contributed by atoms with E-state index < -0.39 is 0 Å². The number of hydrogen-bond donors (Lipinski definition) is 0. The molecule has 0 spiro atoms. The Morgan fingerprint density at radius 3 is 2.22 bits per heavy atom. The van der Waals surface area contributed by atoms with Gasteiger partial charge in [0, 0.05) is 37.5 Å². The number of carbonyl (C=O) groups is 2. The van der Waals surface area contributed by atoms with E-state index in [4.69, 9.17) is 0 Å². The second kappa shape index (κ2) is 8.90. The van der Waals surface area contributed by atoms with Gasteiger partial charge in [0.1, 0.15) is 0 Å². The van der Waals surface area contributed by atoms with Crippen molar-refractivity contribution in [1.29, 1.82) is 0 Å². The number of benzene rings is 1. The Balaban J connectivity index is 1.49. The first kappa shape index (κ1) is 19.9. The first-order valence-electron chi connectivity index (χ1n) is 10.6. The molecule has 1 aromatic rings. The predicted molar refractivity (Wildman–Crippen MR) is 108 cm³/mol. The summed E-state index contributed by atoms with van der Waals surface area (Å²) in [7, 11) is 0. The van der Waals surface area contributed by atoms with E-state index in [1.807, 2.05) is 23.1 Å². The van der Waals surface area contributed by atoms with E-state index in [0.29, 0.717) is 30.3 Å². The highest BCUT2D eigenvalue weighted by Crippen LogP contribution is 2.33. The van der Waals surface area contributed by atoms with Gasteiger partial charge in [0.2, 0.25) is 11.8 Å². The third-order valence-corrected chi connectivity index (χ3v) is 6.27. The van der Waals surface area contributed by atoms with Gasteiger partial charge < -0.3 is 9.80 Å². The predicted octanol–water partition coefficient (Wildman–Crippen LogP) is 3.89. The highest BCUT2D eigenvalue weighted by molar-refractivity contribution is 5.81. The number of likely N-dealkylation sites (tertiary alicyclic amines) is 1. The number of piperidine rings is 1. The summed E-state index contributed by atoms with van der Waals surface area (Å²) in [5, 5.41) is 0. The first-order valence-corrected chi connectivity index (χ1v) is 10.6. The minimum Gasteiger partial charge on any atom is -0.343 e.